The minimum Gasteiger partial charge on any atom is -0.431 e. The number of benzene rings is 3. The van der Waals surface area contributed by atoms with E-state index < -0.39 is 0 Å². The van der Waals surface area contributed by atoms with Gasteiger partial charge in [0.1, 0.15) is 11.5 Å². The molecule has 5 heteroatoms. The molecule has 29 heavy (non-hydrogen) atoms. The van der Waals surface area contributed by atoms with Crippen molar-refractivity contribution in [3.63, 3.8) is 0 Å². The predicted molar refractivity (Wildman–Crippen MR) is 114 cm³/mol. The molecule has 0 saturated carbocycles. The summed E-state index contributed by atoms with van der Waals surface area (Å²) in [7, 11) is 0. The molecule has 144 valence electrons. The number of carbonyl (C=O) groups is 1. The quantitative estimate of drug-likeness (QED) is 0.275. The number of rotatable bonds is 6. The Morgan fingerprint density at radius 2 is 1.62 bits per heavy atom. The Morgan fingerprint density at radius 1 is 0.966 bits per heavy atom. The highest BCUT2D eigenvalue weighted by molar-refractivity contribution is 7.99. The summed E-state index contributed by atoms with van der Waals surface area (Å²) in [5.74, 6) is 0.415. The molecule has 0 aliphatic carbocycles. The summed E-state index contributed by atoms with van der Waals surface area (Å²) < 4.78 is 19.5. The van der Waals surface area contributed by atoms with E-state index >= 15 is 0 Å². The van der Waals surface area contributed by atoms with Crippen LogP contribution in [-0.4, -0.2) is 16.5 Å². The van der Waals surface area contributed by atoms with Gasteiger partial charge in [-0.1, -0.05) is 72.4 Å². The Morgan fingerprint density at radius 3 is 2.28 bits per heavy atom. The first-order valence-electron chi connectivity index (χ1n) is 9.15. The SMILES string of the molecule is Cc1cc(C(=O)CSc2nc(-c3ccccc3)c(-c3ccccc3)o2)ccc1F. The lowest BCUT2D eigenvalue weighted by Crippen LogP contribution is -2.03. The fraction of sp³-hybridized carbons (Fsp3) is 0.0833. The highest BCUT2D eigenvalue weighted by Gasteiger charge is 2.18. The monoisotopic (exact) mass is 403 g/mol. The van der Waals surface area contributed by atoms with Crippen molar-refractivity contribution < 1.29 is 13.6 Å². The maximum absolute atomic E-state index is 13.4. The Balaban J connectivity index is 1.60. The van der Waals surface area contributed by atoms with E-state index in [4.69, 9.17) is 4.42 Å². The molecule has 0 aliphatic rings. The first kappa shape index (κ1) is 19.2. The molecule has 4 aromatic rings. The summed E-state index contributed by atoms with van der Waals surface area (Å²) in [6.45, 7) is 1.64. The van der Waals surface area contributed by atoms with Crippen LogP contribution in [-0.2, 0) is 0 Å². The van der Waals surface area contributed by atoms with Crippen LogP contribution in [0.3, 0.4) is 0 Å². The topological polar surface area (TPSA) is 43.1 Å². The molecular formula is C24H18FNO2S. The molecule has 1 heterocycles. The van der Waals surface area contributed by atoms with Gasteiger partial charge in [-0.15, -0.1) is 0 Å². The summed E-state index contributed by atoms with van der Waals surface area (Å²) in [6, 6.07) is 24.0. The average Bonchev–Trinajstić information content (AvgIpc) is 3.19. The van der Waals surface area contributed by atoms with E-state index in [-0.39, 0.29) is 17.4 Å². The highest BCUT2D eigenvalue weighted by Crippen LogP contribution is 2.35. The van der Waals surface area contributed by atoms with Crippen molar-refractivity contribution in [2.24, 2.45) is 0 Å². The zero-order valence-corrected chi connectivity index (χ0v) is 16.6. The maximum atomic E-state index is 13.4. The number of hydrogen-bond donors (Lipinski definition) is 0. The van der Waals surface area contributed by atoms with Gasteiger partial charge in [0, 0.05) is 16.7 Å². The number of thioether (sulfide) groups is 1. The van der Waals surface area contributed by atoms with Crippen LogP contribution >= 0.6 is 11.8 Å². The summed E-state index contributed by atoms with van der Waals surface area (Å²) >= 11 is 1.24. The van der Waals surface area contributed by atoms with Crippen LogP contribution in [0.2, 0.25) is 0 Å². The van der Waals surface area contributed by atoms with Crippen molar-refractivity contribution in [3.8, 4) is 22.6 Å². The predicted octanol–water partition coefficient (Wildman–Crippen LogP) is 6.43. The fourth-order valence-corrected chi connectivity index (χ4v) is 3.69. The lowest BCUT2D eigenvalue weighted by Gasteiger charge is -2.02. The standard InChI is InChI=1S/C24H18FNO2S/c1-16-14-19(12-13-20(16)25)21(27)15-29-24-26-22(17-8-4-2-5-9-17)23(28-24)18-10-6-3-7-11-18/h2-14H,15H2,1H3. The number of oxazole rings is 1. The second kappa shape index (κ2) is 8.45. The van der Waals surface area contributed by atoms with E-state index in [1.165, 1.54) is 23.9 Å². The van der Waals surface area contributed by atoms with E-state index in [1.54, 1.807) is 13.0 Å². The summed E-state index contributed by atoms with van der Waals surface area (Å²) in [5, 5.41) is 0.426. The van der Waals surface area contributed by atoms with E-state index in [1.807, 2.05) is 60.7 Å². The average molecular weight is 403 g/mol. The van der Waals surface area contributed by atoms with Crippen LogP contribution in [0.5, 0.6) is 0 Å². The van der Waals surface area contributed by atoms with Gasteiger partial charge in [0.15, 0.2) is 11.5 Å². The van der Waals surface area contributed by atoms with Gasteiger partial charge in [-0.2, -0.15) is 0 Å². The first-order chi connectivity index (χ1) is 14.1. The van der Waals surface area contributed by atoms with E-state index in [2.05, 4.69) is 4.98 Å². The van der Waals surface area contributed by atoms with Gasteiger partial charge in [-0.25, -0.2) is 9.37 Å². The Kier molecular flexibility index (Phi) is 5.58. The summed E-state index contributed by atoms with van der Waals surface area (Å²) in [5.41, 5.74) is 3.54. The molecule has 0 bridgehead atoms. The molecule has 0 unspecified atom stereocenters. The van der Waals surface area contributed by atoms with Crippen molar-refractivity contribution in [1.82, 2.24) is 4.98 Å². The first-order valence-corrected chi connectivity index (χ1v) is 10.1. The van der Waals surface area contributed by atoms with Crippen LogP contribution < -0.4 is 0 Å². The Bertz CT molecular complexity index is 1080. The second-order valence-corrected chi connectivity index (χ2v) is 7.49. The zero-order valence-electron chi connectivity index (χ0n) is 15.8. The molecule has 0 spiro atoms. The molecule has 0 aliphatic heterocycles. The molecule has 0 saturated heterocycles. The number of halogens is 1. The zero-order chi connectivity index (χ0) is 20.2. The molecule has 4 rings (SSSR count). The van der Waals surface area contributed by atoms with Gasteiger partial charge in [0.25, 0.3) is 5.22 Å². The number of aromatic nitrogens is 1. The van der Waals surface area contributed by atoms with Crippen molar-refractivity contribution in [1.29, 1.82) is 0 Å². The van der Waals surface area contributed by atoms with E-state index in [9.17, 15) is 9.18 Å². The van der Waals surface area contributed by atoms with Crippen LogP contribution in [0.25, 0.3) is 22.6 Å². The van der Waals surface area contributed by atoms with Crippen LogP contribution in [0, 0.1) is 12.7 Å². The molecule has 0 radical (unpaired) electrons. The summed E-state index contributed by atoms with van der Waals surface area (Å²) in [6.07, 6.45) is 0. The number of ketones is 1. The van der Waals surface area contributed by atoms with Crippen molar-refractivity contribution in [2.75, 3.05) is 5.75 Å². The molecule has 0 atom stereocenters. The number of carbonyl (C=O) groups excluding carboxylic acids is 1. The third-order valence-corrected chi connectivity index (χ3v) is 5.33. The highest BCUT2D eigenvalue weighted by atomic mass is 32.2. The molecule has 0 fully saturated rings. The molecular weight excluding hydrogens is 385 g/mol. The van der Waals surface area contributed by atoms with Gasteiger partial charge in [-0.05, 0) is 30.7 Å². The number of hydrogen-bond acceptors (Lipinski definition) is 4. The maximum Gasteiger partial charge on any atom is 0.257 e. The fourth-order valence-electron chi connectivity index (χ4n) is 2.97. The third-order valence-electron chi connectivity index (χ3n) is 4.50. The van der Waals surface area contributed by atoms with Crippen LogP contribution in [0.4, 0.5) is 4.39 Å². The van der Waals surface area contributed by atoms with Gasteiger partial charge in [0.2, 0.25) is 0 Å². The number of aryl methyl sites for hydroxylation is 1. The van der Waals surface area contributed by atoms with Crippen LogP contribution in [0.15, 0.2) is 88.5 Å². The minimum absolute atomic E-state index is 0.0983. The molecule has 0 N–H and O–H groups in total. The van der Waals surface area contributed by atoms with Gasteiger partial charge >= 0.3 is 0 Å². The van der Waals surface area contributed by atoms with Crippen molar-refractivity contribution in [2.45, 2.75) is 12.1 Å². The van der Waals surface area contributed by atoms with Gasteiger partial charge in [0.05, 0.1) is 5.75 Å². The lowest BCUT2D eigenvalue weighted by atomic mass is 10.1. The number of nitrogens with zero attached hydrogens (tertiary/aromatic N) is 1. The summed E-state index contributed by atoms with van der Waals surface area (Å²) in [4.78, 5) is 17.1. The van der Waals surface area contributed by atoms with Crippen LogP contribution in [0.1, 0.15) is 15.9 Å². The van der Waals surface area contributed by atoms with Crippen molar-refractivity contribution >= 4 is 17.5 Å². The Hall–Kier alpha value is -3.18. The molecule has 0 amide bonds. The van der Waals surface area contributed by atoms with Gasteiger partial charge in [-0.3, -0.25) is 4.79 Å². The van der Waals surface area contributed by atoms with Gasteiger partial charge < -0.3 is 4.42 Å². The smallest absolute Gasteiger partial charge is 0.257 e. The largest absolute Gasteiger partial charge is 0.431 e. The minimum atomic E-state index is -0.318. The normalized spacial score (nSPS) is 10.8. The Labute approximate surface area is 172 Å². The third kappa shape index (κ3) is 4.30. The number of Topliss-reactive ketones (excluding diaryl/α,β-unsaturated/α-hetero) is 1. The lowest BCUT2D eigenvalue weighted by molar-refractivity contribution is 0.102. The van der Waals surface area contributed by atoms with E-state index in [0.29, 0.717) is 22.1 Å². The van der Waals surface area contributed by atoms with E-state index in [0.717, 1.165) is 16.8 Å². The molecule has 3 aromatic carbocycles. The molecule has 3 nitrogen and oxygen atoms in total. The van der Waals surface area contributed by atoms with Crippen molar-refractivity contribution in [3.05, 3.63) is 95.8 Å². The molecule has 1 aromatic heterocycles. The second-order valence-electron chi connectivity index (χ2n) is 6.57.